The summed E-state index contributed by atoms with van der Waals surface area (Å²) >= 11 is 5.82. The van der Waals surface area contributed by atoms with Crippen LogP contribution in [0.4, 0.5) is 0 Å². The van der Waals surface area contributed by atoms with Crippen LogP contribution in [0, 0.1) is 0 Å². The van der Waals surface area contributed by atoms with Crippen LogP contribution in [0.2, 0.25) is 5.02 Å². The third-order valence-corrected chi connectivity index (χ3v) is 5.00. The number of carbonyl (C=O) groups is 1. The first kappa shape index (κ1) is 17.3. The zero-order valence-corrected chi connectivity index (χ0v) is 14.7. The van der Waals surface area contributed by atoms with Crippen molar-refractivity contribution in [3.8, 4) is 11.5 Å². The van der Waals surface area contributed by atoms with E-state index < -0.39 is 10.1 Å². The average molecular weight is 380 g/mol. The summed E-state index contributed by atoms with van der Waals surface area (Å²) in [4.78, 5) is 11.4. The molecule has 130 valence electrons. The normalized spacial score (nSPS) is 14.7. The molecule has 0 saturated carbocycles. The molecule has 0 radical (unpaired) electrons. The van der Waals surface area contributed by atoms with Crippen molar-refractivity contribution in [3.63, 3.8) is 0 Å². The number of halogens is 1. The summed E-state index contributed by atoms with van der Waals surface area (Å²) in [5.74, 6) is 0.323. The highest BCUT2D eigenvalue weighted by molar-refractivity contribution is 7.87. The van der Waals surface area contributed by atoms with Gasteiger partial charge in [0.2, 0.25) is 5.91 Å². The van der Waals surface area contributed by atoms with Gasteiger partial charge in [0.25, 0.3) is 0 Å². The Hall–Kier alpha value is -2.51. The Kier molecular flexibility index (Phi) is 4.69. The van der Waals surface area contributed by atoms with E-state index in [0.29, 0.717) is 16.3 Å². The molecule has 0 aliphatic carbocycles. The smallest absolute Gasteiger partial charge is 0.339 e. The van der Waals surface area contributed by atoms with Crippen molar-refractivity contribution < 1.29 is 22.1 Å². The average Bonchev–Trinajstić information content (AvgIpc) is 2.96. The molecule has 1 aliphatic heterocycles. The topological polar surface area (TPSA) is 81.7 Å². The van der Waals surface area contributed by atoms with Crippen LogP contribution in [0.25, 0.3) is 5.57 Å². The summed E-state index contributed by atoms with van der Waals surface area (Å²) < 4.78 is 35.3. The molecule has 2 aromatic carbocycles. The predicted molar refractivity (Wildman–Crippen MR) is 93.2 cm³/mol. The van der Waals surface area contributed by atoms with E-state index in [4.69, 9.17) is 20.5 Å². The lowest BCUT2D eigenvalue weighted by Crippen LogP contribution is -2.15. The molecule has 6 nitrogen and oxygen atoms in total. The Bertz CT molecular complexity index is 969. The van der Waals surface area contributed by atoms with Gasteiger partial charge in [-0.1, -0.05) is 17.7 Å². The molecule has 0 saturated heterocycles. The van der Waals surface area contributed by atoms with Crippen LogP contribution < -0.4 is 14.2 Å². The lowest BCUT2D eigenvalue weighted by Gasteiger charge is -2.08. The van der Waals surface area contributed by atoms with Crippen LogP contribution in [0.1, 0.15) is 5.56 Å². The Balaban J connectivity index is 1.87. The van der Waals surface area contributed by atoms with Gasteiger partial charge in [-0.15, -0.1) is 0 Å². The fourth-order valence-corrected chi connectivity index (χ4v) is 3.54. The van der Waals surface area contributed by atoms with E-state index in [1.54, 1.807) is 12.1 Å². The largest absolute Gasteiger partial charge is 0.488 e. The molecule has 1 heterocycles. The van der Waals surface area contributed by atoms with Crippen LogP contribution >= 0.6 is 11.6 Å². The quantitative estimate of drug-likeness (QED) is 0.652. The van der Waals surface area contributed by atoms with Crippen molar-refractivity contribution in [1.29, 1.82) is 0 Å². The van der Waals surface area contributed by atoms with Gasteiger partial charge in [-0.05, 0) is 30.3 Å². The van der Waals surface area contributed by atoms with Crippen LogP contribution in [0.5, 0.6) is 11.5 Å². The first-order valence-electron chi connectivity index (χ1n) is 7.28. The molecule has 3 rings (SSSR count). The summed E-state index contributed by atoms with van der Waals surface area (Å²) in [6, 6.07) is 10.4. The zero-order chi connectivity index (χ0) is 18.0. The number of fused-ring (bicyclic) bond motifs is 1. The second kappa shape index (κ2) is 6.78. The van der Waals surface area contributed by atoms with E-state index in [-0.39, 0.29) is 23.2 Å². The molecular weight excluding hydrogens is 366 g/mol. The molecule has 8 heteroatoms. The maximum Gasteiger partial charge on any atom is 0.339 e. The predicted octanol–water partition coefficient (Wildman–Crippen LogP) is 2.63. The number of nitrogens with one attached hydrogen (secondary N) is 1. The fraction of sp³-hybridized carbons (Fsp3) is 0.118. The molecule has 0 bridgehead atoms. The van der Waals surface area contributed by atoms with Crippen LogP contribution in [0.15, 0.2) is 53.4 Å². The SMILES string of the molecule is CNC(=O)/C=C1/COc2cc(OS(=O)(=O)c3cccc(Cl)c3)ccc21. The molecule has 0 fully saturated rings. The third-order valence-electron chi connectivity index (χ3n) is 3.52. The number of rotatable bonds is 4. The lowest BCUT2D eigenvalue weighted by atomic mass is 10.1. The molecule has 0 spiro atoms. The summed E-state index contributed by atoms with van der Waals surface area (Å²) in [6.45, 7) is 0.229. The lowest BCUT2D eigenvalue weighted by molar-refractivity contribution is -0.116. The van der Waals surface area contributed by atoms with Gasteiger partial charge in [0.05, 0.1) is 0 Å². The summed E-state index contributed by atoms with van der Waals surface area (Å²) in [7, 11) is -2.47. The van der Waals surface area contributed by atoms with E-state index in [9.17, 15) is 13.2 Å². The second-order valence-corrected chi connectivity index (χ2v) is 7.21. The highest BCUT2D eigenvalue weighted by Crippen LogP contribution is 2.36. The highest BCUT2D eigenvalue weighted by Gasteiger charge is 2.22. The molecule has 0 unspecified atom stereocenters. The van der Waals surface area contributed by atoms with Crippen LogP contribution in [-0.4, -0.2) is 28.0 Å². The van der Waals surface area contributed by atoms with Crippen LogP contribution in [0.3, 0.4) is 0 Å². The minimum atomic E-state index is -4.01. The molecule has 1 N–H and O–H groups in total. The molecule has 25 heavy (non-hydrogen) atoms. The van der Waals surface area contributed by atoms with Crippen LogP contribution in [-0.2, 0) is 14.9 Å². The van der Waals surface area contributed by atoms with Crippen molar-refractivity contribution in [2.45, 2.75) is 4.90 Å². The summed E-state index contributed by atoms with van der Waals surface area (Å²) in [5.41, 5.74) is 1.43. The Morgan fingerprint density at radius 2 is 2.08 bits per heavy atom. The molecular formula is C17H14ClNO5S. The second-order valence-electron chi connectivity index (χ2n) is 5.23. The summed E-state index contributed by atoms with van der Waals surface area (Å²) in [5, 5.41) is 2.80. The molecule has 1 amide bonds. The third kappa shape index (κ3) is 3.78. The number of carbonyl (C=O) groups excluding carboxylic acids is 1. The Morgan fingerprint density at radius 1 is 1.28 bits per heavy atom. The maximum atomic E-state index is 12.3. The van der Waals surface area contributed by atoms with E-state index in [0.717, 1.165) is 5.56 Å². The van der Waals surface area contributed by atoms with E-state index in [1.807, 2.05) is 0 Å². The monoisotopic (exact) mass is 379 g/mol. The van der Waals surface area contributed by atoms with E-state index in [1.165, 1.54) is 43.5 Å². The Labute approximate surface area is 150 Å². The first-order chi connectivity index (χ1) is 11.9. The first-order valence-corrected chi connectivity index (χ1v) is 9.07. The van der Waals surface area contributed by atoms with Crippen molar-refractivity contribution >= 4 is 33.2 Å². The molecule has 1 aliphatic rings. The number of hydrogen-bond donors (Lipinski definition) is 1. The van der Waals surface area contributed by atoms with Crippen molar-refractivity contribution in [2.24, 2.45) is 0 Å². The molecule has 0 atom stereocenters. The minimum Gasteiger partial charge on any atom is -0.488 e. The number of likely N-dealkylation sites (N-methyl/N-ethyl adjacent to an activating group) is 1. The van der Waals surface area contributed by atoms with Gasteiger partial charge in [0, 0.05) is 35.3 Å². The zero-order valence-electron chi connectivity index (χ0n) is 13.2. The number of ether oxygens (including phenoxy) is 1. The van der Waals surface area contributed by atoms with Crippen molar-refractivity contribution in [2.75, 3.05) is 13.7 Å². The van der Waals surface area contributed by atoms with Gasteiger partial charge in [-0.3, -0.25) is 4.79 Å². The van der Waals surface area contributed by atoms with E-state index >= 15 is 0 Å². The van der Waals surface area contributed by atoms with Gasteiger partial charge >= 0.3 is 10.1 Å². The summed E-state index contributed by atoms with van der Waals surface area (Å²) in [6.07, 6.45) is 1.44. The molecule has 2 aromatic rings. The number of hydrogen-bond acceptors (Lipinski definition) is 5. The fourth-order valence-electron chi connectivity index (χ4n) is 2.32. The van der Waals surface area contributed by atoms with E-state index in [2.05, 4.69) is 5.32 Å². The highest BCUT2D eigenvalue weighted by atomic mass is 35.5. The Morgan fingerprint density at radius 3 is 2.80 bits per heavy atom. The molecule has 0 aromatic heterocycles. The number of amides is 1. The van der Waals surface area contributed by atoms with Gasteiger partial charge in [0.1, 0.15) is 23.0 Å². The minimum absolute atomic E-state index is 0.0402. The van der Waals surface area contributed by atoms with Gasteiger partial charge < -0.3 is 14.2 Å². The standard InChI is InChI=1S/C17H14ClNO5S/c1-19-17(20)7-11-10-23-16-9-13(5-6-15(11)16)24-25(21,22)14-4-2-3-12(18)8-14/h2-9H,10H2,1H3,(H,19,20)/b11-7-. The van der Waals surface area contributed by atoms with Gasteiger partial charge in [-0.2, -0.15) is 8.42 Å². The van der Waals surface area contributed by atoms with Gasteiger partial charge in [0.15, 0.2) is 0 Å². The maximum absolute atomic E-state index is 12.3. The van der Waals surface area contributed by atoms with Gasteiger partial charge in [-0.25, -0.2) is 0 Å². The number of benzene rings is 2. The van der Waals surface area contributed by atoms with Crippen molar-refractivity contribution in [1.82, 2.24) is 5.32 Å². The van der Waals surface area contributed by atoms with Crippen molar-refractivity contribution in [3.05, 3.63) is 59.1 Å².